The Bertz CT molecular complexity index is 1500. The number of ether oxygens (including phenoxy) is 3. The summed E-state index contributed by atoms with van der Waals surface area (Å²) in [7, 11) is -3.68. The standard InChI is InChI=1S/C22H38N4O4.C10H10O3S.C5H9NO.C4H9NO/c1-5-9-24(20(27)6-2)12-13-26(22(29)8-4)15-14-25(21(28)7-3)11-10-23-16-18-30-19-17-23;1-3-8-13-14(11,12)10-6-4-9(2)5-7-10;1-2-5-6-3-4-7-5;1-3-6-4-2-5-1/h1H,6-19H2,2-4H3;1,4-7H,8H2,2H3;2-4H2,1H3;5H,1-4H2. The molecule has 0 unspecified atom stereocenters. The highest BCUT2D eigenvalue weighted by atomic mass is 32.2. The fraction of sp³-hybridized carbons (Fsp3) is 0.659. The first-order chi connectivity index (χ1) is 27.5. The van der Waals surface area contributed by atoms with Gasteiger partial charge in [0.15, 0.2) is 5.90 Å². The Morgan fingerprint density at radius 1 is 0.789 bits per heavy atom. The third-order valence-electron chi connectivity index (χ3n) is 8.72. The van der Waals surface area contributed by atoms with Gasteiger partial charge in [-0.2, -0.15) is 8.42 Å². The number of carbonyl (C=O) groups is 3. The van der Waals surface area contributed by atoms with Gasteiger partial charge in [0.1, 0.15) is 13.2 Å². The number of benzene rings is 1. The van der Waals surface area contributed by atoms with Crippen LogP contribution in [-0.4, -0.2) is 170 Å². The van der Waals surface area contributed by atoms with E-state index < -0.39 is 10.1 Å². The average molecular weight is 819 g/mol. The van der Waals surface area contributed by atoms with Crippen LogP contribution >= 0.6 is 0 Å². The second-order valence-electron chi connectivity index (χ2n) is 12.9. The van der Waals surface area contributed by atoms with Crippen molar-refractivity contribution in [1.82, 2.24) is 24.9 Å². The number of morpholine rings is 2. The van der Waals surface area contributed by atoms with Gasteiger partial charge in [0.2, 0.25) is 17.7 Å². The number of hydrogen-bond acceptors (Lipinski definition) is 12. The number of carbonyl (C=O) groups excluding carboxylic acids is 3. The molecule has 4 rings (SSSR count). The fourth-order valence-electron chi connectivity index (χ4n) is 5.36. The van der Waals surface area contributed by atoms with Crippen molar-refractivity contribution >= 4 is 33.7 Å². The second-order valence-corrected chi connectivity index (χ2v) is 14.5. The van der Waals surface area contributed by atoms with Gasteiger partial charge >= 0.3 is 0 Å². The van der Waals surface area contributed by atoms with Crippen molar-refractivity contribution in [1.29, 1.82) is 0 Å². The van der Waals surface area contributed by atoms with Gasteiger partial charge in [-0.3, -0.25) is 28.5 Å². The van der Waals surface area contributed by atoms with Crippen molar-refractivity contribution in [2.75, 3.05) is 118 Å². The molecule has 1 aromatic carbocycles. The van der Waals surface area contributed by atoms with Gasteiger partial charge in [-0.15, -0.1) is 12.8 Å². The average Bonchev–Trinajstić information content (AvgIpc) is 3.79. The topological polar surface area (TPSA) is 160 Å². The van der Waals surface area contributed by atoms with Crippen LogP contribution in [-0.2, 0) is 42.9 Å². The van der Waals surface area contributed by atoms with Crippen LogP contribution in [0, 0.1) is 31.6 Å². The lowest BCUT2D eigenvalue weighted by atomic mass is 10.2. The normalized spacial score (nSPS) is 14.9. The summed E-state index contributed by atoms with van der Waals surface area (Å²) in [6.07, 6.45) is 12.4. The summed E-state index contributed by atoms with van der Waals surface area (Å²) in [5, 5.41) is 3.16. The van der Waals surface area contributed by atoms with E-state index in [-0.39, 0.29) is 35.8 Å². The summed E-state index contributed by atoms with van der Waals surface area (Å²) >= 11 is 0. The predicted molar refractivity (Wildman–Crippen MR) is 222 cm³/mol. The third-order valence-corrected chi connectivity index (χ3v) is 10.00. The Hall–Kier alpha value is -4.03. The van der Waals surface area contributed by atoms with Gasteiger partial charge in [0.25, 0.3) is 10.1 Å². The Balaban J connectivity index is 0.000000483. The Labute approximate surface area is 341 Å². The highest BCUT2D eigenvalue weighted by molar-refractivity contribution is 7.86. The predicted octanol–water partition coefficient (Wildman–Crippen LogP) is 2.43. The van der Waals surface area contributed by atoms with Crippen LogP contribution in [0.25, 0.3) is 0 Å². The maximum absolute atomic E-state index is 12.4. The molecule has 0 saturated carbocycles. The maximum atomic E-state index is 12.4. The molecule has 3 amide bonds. The second kappa shape index (κ2) is 31.0. The Kier molecular flexibility index (Phi) is 27.8. The van der Waals surface area contributed by atoms with Crippen LogP contribution in [0.3, 0.4) is 0 Å². The van der Waals surface area contributed by atoms with Crippen molar-refractivity contribution in [2.24, 2.45) is 4.99 Å². The molecule has 0 aliphatic carbocycles. The van der Waals surface area contributed by atoms with E-state index in [0.29, 0.717) is 52.0 Å². The van der Waals surface area contributed by atoms with Crippen LogP contribution in [0.1, 0.15) is 58.9 Å². The SMILES string of the molecule is C#CCN(CCN(CCN(CCN1CCOCC1)C(=O)CC)C(=O)CC)C(=O)CC.C#CCOS(=O)(=O)c1ccc(C)cc1.C1COCCN1.CCC1=NCCO1. The molecule has 2 fully saturated rings. The first-order valence-corrected chi connectivity index (χ1v) is 21.3. The zero-order chi connectivity index (χ0) is 42.3. The molecule has 57 heavy (non-hydrogen) atoms. The highest BCUT2D eigenvalue weighted by Crippen LogP contribution is 2.12. The van der Waals surface area contributed by atoms with E-state index in [1.54, 1.807) is 28.9 Å². The molecule has 1 N–H and O–H groups in total. The number of amides is 3. The number of hydrogen-bond donors (Lipinski definition) is 1. The van der Waals surface area contributed by atoms with Gasteiger partial charge < -0.3 is 34.2 Å². The molecule has 320 valence electrons. The van der Waals surface area contributed by atoms with Gasteiger partial charge in [0.05, 0.1) is 44.4 Å². The third kappa shape index (κ3) is 22.5. The van der Waals surface area contributed by atoms with Gasteiger partial charge in [-0.25, -0.2) is 0 Å². The molecule has 16 heteroatoms. The van der Waals surface area contributed by atoms with E-state index in [1.807, 2.05) is 32.6 Å². The first-order valence-electron chi connectivity index (χ1n) is 19.9. The van der Waals surface area contributed by atoms with Crippen LogP contribution in [0.15, 0.2) is 34.2 Å². The molecule has 3 aliphatic heterocycles. The highest BCUT2D eigenvalue weighted by Gasteiger charge is 2.20. The molecule has 15 nitrogen and oxygen atoms in total. The van der Waals surface area contributed by atoms with Crippen LogP contribution in [0.2, 0.25) is 0 Å². The van der Waals surface area contributed by atoms with Crippen molar-refractivity contribution in [3.05, 3.63) is 29.8 Å². The molecule has 1 aromatic rings. The lowest BCUT2D eigenvalue weighted by Gasteiger charge is -2.32. The molecule has 0 spiro atoms. The van der Waals surface area contributed by atoms with E-state index in [9.17, 15) is 22.8 Å². The quantitative estimate of drug-likeness (QED) is 0.182. The molecule has 0 atom stereocenters. The van der Waals surface area contributed by atoms with E-state index in [0.717, 1.165) is 90.2 Å². The van der Waals surface area contributed by atoms with E-state index >= 15 is 0 Å². The first kappa shape index (κ1) is 51.0. The summed E-state index contributed by atoms with van der Waals surface area (Å²) < 4.78 is 42.7. The number of aliphatic imine (C=N–C) groups is 1. The zero-order valence-electron chi connectivity index (χ0n) is 34.8. The number of aryl methyl sites for hydroxylation is 1. The van der Waals surface area contributed by atoms with Gasteiger partial charge in [0, 0.05) is 91.1 Å². The van der Waals surface area contributed by atoms with Gasteiger partial charge in [-0.05, 0) is 19.1 Å². The molecule has 2 saturated heterocycles. The Morgan fingerprint density at radius 2 is 1.32 bits per heavy atom. The monoisotopic (exact) mass is 818 g/mol. The lowest BCUT2D eigenvalue weighted by Crippen LogP contribution is -2.47. The minimum Gasteiger partial charge on any atom is -0.479 e. The van der Waals surface area contributed by atoms with Crippen LogP contribution < -0.4 is 5.32 Å². The Morgan fingerprint density at radius 3 is 1.74 bits per heavy atom. The molecular formula is C41H66N6O9S. The zero-order valence-corrected chi connectivity index (χ0v) is 35.7. The minimum absolute atomic E-state index is 0.0108. The minimum atomic E-state index is -3.68. The number of nitrogens with zero attached hydrogens (tertiary/aromatic N) is 5. The van der Waals surface area contributed by atoms with E-state index in [1.165, 1.54) is 12.1 Å². The van der Waals surface area contributed by atoms with Crippen molar-refractivity contribution < 1.29 is 41.2 Å². The largest absolute Gasteiger partial charge is 0.479 e. The van der Waals surface area contributed by atoms with E-state index in [4.69, 9.17) is 27.1 Å². The summed E-state index contributed by atoms with van der Waals surface area (Å²) in [5.41, 5.74) is 0.987. The molecule has 0 bridgehead atoms. The summed E-state index contributed by atoms with van der Waals surface area (Å²) in [4.78, 5) is 48.5. The maximum Gasteiger partial charge on any atom is 0.297 e. The number of rotatable bonds is 17. The summed E-state index contributed by atoms with van der Waals surface area (Å²) in [5.74, 6) is 5.60. The van der Waals surface area contributed by atoms with Gasteiger partial charge in [-0.1, -0.05) is 57.2 Å². The molecule has 3 heterocycles. The molecular weight excluding hydrogens is 753 g/mol. The summed E-state index contributed by atoms with van der Waals surface area (Å²) in [6.45, 7) is 21.3. The molecule has 0 aromatic heterocycles. The molecule has 3 aliphatic rings. The van der Waals surface area contributed by atoms with Crippen molar-refractivity contribution in [3.8, 4) is 24.7 Å². The van der Waals surface area contributed by atoms with Crippen molar-refractivity contribution in [3.63, 3.8) is 0 Å². The van der Waals surface area contributed by atoms with Crippen LogP contribution in [0.5, 0.6) is 0 Å². The number of nitrogens with one attached hydrogen (secondary N) is 1. The fourth-order valence-corrected chi connectivity index (χ4v) is 6.19. The summed E-state index contributed by atoms with van der Waals surface area (Å²) in [6, 6.07) is 6.38. The smallest absolute Gasteiger partial charge is 0.297 e. The number of terminal acetylenes is 2. The van der Waals surface area contributed by atoms with Crippen molar-refractivity contribution in [2.45, 2.75) is 65.2 Å². The molecule has 0 radical (unpaired) electrons. The lowest BCUT2D eigenvalue weighted by molar-refractivity contribution is -0.136. The van der Waals surface area contributed by atoms with E-state index in [2.05, 4.69) is 31.2 Å². The van der Waals surface area contributed by atoms with Crippen LogP contribution in [0.4, 0.5) is 0 Å².